The topological polar surface area (TPSA) is 52.5 Å². The highest BCUT2D eigenvalue weighted by Gasteiger charge is 2.18. The van der Waals surface area contributed by atoms with Crippen molar-refractivity contribution in [1.29, 1.82) is 0 Å². The summed E-state index contributed by atoms with van der Waals surface area (Å²) in [7, 11) is 0. The predicted octanol–water partition coefficient (Wildman–Crippen LogP) is 9.21. The Bertz CT molecular complexity index is 2010. The van der Waals surface area contributed by atoms with Crippen LogP contribution in [0.3, 0.4) is 0 Å². The Hall–Kier alpha value is -5.47. The second-order valence-electron chi connectivity index (χ2n) is 8.97. The minimum Gasteiger partial charge on any atom is -0.457 e. The van der Waals surface area contributed by atoms with Gasteiger partial charge in [-0.15, -0.1) is 0 Å². The molecule has 38 heavy (non-hydrogen) atoms. The molecule has 0 bridgehead atoms. The zero-order chi connectivity index (χ0) is 25.5. The number of benzene rings is 4. The standard InChI is InChI=1S/C33H19N3O2/c1-34-23-12-14-26-21(17-23)11-13-27-28-19-25(20-29(33(28)38-32(26)27)31-10-3-5-16-36-31)37-24-8-6-7-22(18-24)30-9-2-4-15-35-30/h2-20H. The Labute approximate surface area is 218 Å². The molecule has 0 saturated carbocycles. The normalized spacial score (nSPS) is 11.1. The van der Waals surface area contributed by atoms with E-state index in [9.17, 15) is 0 Å². The molecule has 0 aliphatic carbocycles. The van der Waals surface area contributed by atoms with Crippen LogP contribution in [0.1, 0.15) is 0 Å². The predicted molar refractivity (Wildman–Crippen MR) is 150 cm³/mol. The Morgan fingerprint density at radius 2 is 1.45 bits per heavy atom. The van der Waals surface area contributed by atoms with Crippen molar-refractivity contribution in [3.8, 4) is 34.0 Å². The first-order valence-corrected chi connectivity index (χ1v) is 12.2. The van der Waals surface area contributed by atoms with Crippen LogP contribution >= 0.6 is 0 Å². The van der Waals surface area contributed by atoms with Gasteiger partial charge in [0.15, 0.2) is 5.69 Å². The summed E-state index contributed by atoms with van der Waals surface area (Å²) < 4.78 is 12.9. The molecule has 7 rings (SSSR count). The van der Waals surface area contributed by atoms with Crippen LogP contribution in [0.15, 0.2) is 120 Å². The number of hydrogen-bond acceptors (Lipinski definition) is 4. The van der Waals surface area contributed by atoms with Crippen molar-refractivity contribution in [3.05, 3.63) is 127 Å². The molecular formula is C33H19N3O2. The summed E-state index contributed by atoms with van der Waals surface area (Å²) in [6, 6.07) is 33.3. The lowest BCUT2D eigenvalue weighted by molar-refractivity contribution is 0.483. The number of ether oxygens (including phenoxy) is 1. The molecule has 7 aromatic rings. The summed E-state index contributed by atoms with van der Waals surface area (Å²) in [5.41, 5.74) is 5.64. The van der Waals surface area contributed by atoms with Crippen LogP contribution in [-0.2, 0) is 0 Å². The number of nitrogens with zero attached hydrogens (tertiary/aromatic N) is 3. The van der Waals surface area contributed by atoms with E-state index in [2.05, 4.69) is 14.8 Å². The summed E-state index contributed by atoms with van der Waals surface area (Å²) in [5, 5.41) is 3.85. The van der Waals surface area contributed by atoms with Crippen LogP contribution in [0.5, 0.6) is 11.5 Å². The quantitative estimate of drug-likeness (QED) is 0.231. The molecule has 0 saturated heterocycles. The first kappa shape index (κ1) is 21.8. The summed E-state index contributed by atoms with van der Waals surface area (Å²) in [5.74, 6) is 1.40. The largest absolute Gasteiger partial charge is 0.457 e. The minimum atomic E-state index is 0.603. The number of pyridine rings is 2. The van der Waals surface area contributed by atoms with E-state index in [1.54, 1.807) is 12.4 Å². The van der Waals surface area contributed by atoms with Crippen LogP contribution < -0.4 is 4.74 Å². The third-order valence-corrected chi connectivity index (χ3v) is 6.61. The molecule has 0 aliphatic heterocycles. The molecule has 0 spiro atoms. The highest BCUT2D eigenvalue weighted by Crippen LogP contribution is 2.42. The van der Waals surface area contributed by atoms with Gasteiger partial charge < -0.3 is 9.15 Å². The average molecular weight is 490 g/mol. The molecule has 0 fully saturated rings. The summed E-state index contributed by atoms with van der Waals surface area (Å²) in [6.07, 6.45) is 3.56. The third kappa shape index (κ3) is 3.73. The fourth-order valence-electron chi connectivity index (χ4n) is 4.85. The first-order valence-electron chi connectivity index (χ1n) is 12.2. The molecular weight excluding hydrogens is 470 g/mol. The van der Waals surface area contributed by atoms with E-state index < -0.39 is 0 Å². The second kappa shape index (κ2) is 8.88. The maximum Gasteiger partial charge on any atom is 0.187 e. The van der Waals surface area contributed by atoms with E-state index in [0.29, 0.717) is 17.2 Å². The fraction of sp³-hybridized carbons (Fsp3) is 0. The maximum atomic E-state index is 7.35. The van der Waals surface area contributed by atoms with Gasteiger partial charge in [-0.05, 0) is 66.0 Å². The molecule has 0 radical (unpaired) electrons. The monoisotopic (exact) mass is 489 g/mol. The van der Waals surface area contributed by atoms with Crippen molar-refractivity contribution in [2.24, 2.45) is 0 Å². The van der Waals surface area contributed by atoms with Gasteiger partial charge in [0.2, 0.25) is 0 Å². The lowest BCUT2D eigenvalue weighted by atomic mass is 10.0. The molecule has 3 heterocycles. The molecule has 5 heteroatoms. The lowest BCUT2D eigenvalue weighted by Crippen LogP contribution is -1.89. The smallest absolute Gasteiger partial charge is 0.187 e. The van der Waals surface area contributed by atoms with Crippen molar-refractivity contribution in [3.63, 3.8) is 0 Å². The van der Waals surface area contributed by atoms with Crippen molar-refractivity contribution in [2.45, 2.75) is 0 Å². The van der Waals surface area contributed by atoms with Gasteiger partial charge in [-0.2, -0.15) is 0 Å². The van der Waals surface area contributed by atoms with Gasteiger partial charge in [-0.3, -0.25) is 9.97 Å². The number of fused-ring (bicyclic) bond motifs is 5. The molecule has 0 atom stereocenters. The van der Waals surface area contributed by atoms with E-state index in [-0.39, 0.29) is 0 Å². The minimum absolute atomic E-state index is 0.603. The van der Waals surface area contributed by atoms with Crippen LogP contribution in [0.4, 0.5) is 5.69 Å². The SMILES string of the molecule is [C-]#[N+]c1ccc2c(ccc3c4cc(Oc5cccc(-c6ccccn6)c5)cc(-c5ccccn5)c4oc23)c1. The second-order valence-corrected chi connectivity index (χ2v) is 8.97. The van der Waals surface area contributed by atoms with Gasteiger partial charge in [-0.1, -0.05) is 42.5 Å². The Kier molecular flexibility index (Phi) is 5.09. The molecule has 0 unspecified atom stereocenters. The molecule has 0 amide bonds. The highest BCUT2D eigenvalue weighted by atomic mass is 16.5. The molecule has 3 aromatic heterocycles. The molecule has 178 valence electrons. The summed E-state index contributed by atoms with van der Waals surface area (Å²) in [6.45, 7) is 7.35. The third-order valence-electron chi connectivity index (χ3n) is 6.61. The fourth-order valence-corrected chi connectivity index (χ4v) is 4.85. The van der Waals surface area contributed by atoms with E-state index in [1.807, 2.05) is 103 Å². The zero-order valence-electron chi connectivity index (χ0n) is 20.1. The van der Waals surface area contributed by atoms with Crippen molar-refractivity contribution >= 4 is 38.4 Å². The van der Waals surface area contributed by atoms with Crippen molar-refractivity contribution in [1.82, 2.24) is 9.97 Å². The van der Waals surface area contributed by atoms with Gasteiger partial charge >= 0.3 is 0 Å². The van der Waals surface area contributed by atoms with Gasteiger partial charge in [0.05, 0.1) is 18.0 Å². The van der Waals surface area contributed by atoms with E-state index >= 15 is 0 Å². The van der Waals surface area contributed by atoms with Crippen LogP contribution in [0, 0.1) is 6.57 Å². The highest BCUT2D eigenvalue weighted by molar-refractivity contribution is 6.17. The lowest BCUT2D eigenvalue weighted by Gasteiger charge is -2.10. The first-order chi connectivity index (χ1) is 18.8. The molecule has 0 N–H and O–H groups in total. The average Bonchev–Trinajstić information content (AvgIpc) is 3.36. The van der Waals surface area contributed by atoms with E-state index in [1.165, 1.54) is 0 Å². The van der Waals surface area contributed by atoms with E-state index in [0.717, 1.165) is 55.2 Å². The zero-order valence-corrected chi connectivity index (χ0v) is 20.1. The number of furan rings is 1. The van der Waals surface area contributed by atoms with Crippen molar-refractivity contribution < 1.29 is 9.15 Å². The molecule has 0 aliphatic rings. The maximum absolute atomic E-state index is 7.35. The Morgan fingerprint density at radius 3 is 2.24 bits per heavy atom. The number of hydrogen-bond donors (Lipinski definition) is 0. The summed E-state index contributed by atoms with van der Waals surface area (Å²) in [4.78, 5) is 12.6. The van der Waals surface area contributed by atoms with Crippen LogP contribution in [0.2, 0.25) is 0 Å². The molecule has 4 aromatic carbocycles. The summed E-state index contributed by atoms with van der Waals surface area (Å²) >= 11 is 0. The van der Waals surface area contributed by atoms with Crippen LogP contribution in [-0.4, -0.2) is 9.97 Å². The molecule has 5 nitrogen and oxygen atoms in total. The number of aromatic nitrogens is 2. The Morgan fingerprint density at radius 1 is 0.632 bits per heavy atom. The van der Waals surface area contributed by atoms with Gasteiger partial charge in [0.1, 0.15) is 22.7 Å². The van der Waals surface area contributed by atoms with Crippen LogP contribution in [0.25, 0.3) is 60.1 Å². The Balaban J connectivity index is 1.42. The van der Waals surface area contributed by atoms with Crippen molar-refractivity contribution in [2.75, 3.05) is 0 Å². The van der Waals surface area contributed by atoms with Gasteiger partial charge in [0, 0.05) is 39.7 Å². The van der Waals surface area contributed by atoms with E-state index in [4.69, 9.17) is 15.7 Å². The number of rotatable bonds is 4. The van der Waals surface area contributed by atoms with Gasteiger partial charge in [0.25, 0.3) is 0 Å². The van der Waals surface area contributed by atoms with Gasteiger partial charge in [-0.25, -0.2) is 4.85 Å².